The summed E-state index contributed by atoms with van der Waals surface area (Å²) >= 11 is 3.29. The molecule has 0 saturated carbocycles. The SMILES string of the molecule is CCc1cc([C@@H](Nc2ccccn2)c2ccsc2)c(NC(=O)c2ccccc2)s1. The number of hydrogen-bond donors (Lipinski definition) is 2. The van der Waals surface area contributed by atoms with E-state index in [1.807, 2.05) is 48.5 Å². The molecule has 0 aliphatic heterocycles. The van der Waals surface area contributed by atoms with Gasteiger partial charge in [-0.3, -0.25) is 4.79 Å². The molecule has 0 unspecified atom stereocenters. The predicted octanol–water partition coefficient (Wildman–Crippen LogP) is 6.22. The zero-order valence-electron chi connectivity index (χ0n) is 16.0. The second kappa shape index (κ2) is 9.03. The maximum atomic E-state index is 12.8. The third kappa shape index (κ3) is 4.55. The fourth-order valence-corrected chi connectivity index (χ4v) is 4.80. The predicted molar refractivity (Wildman–Crippen MR) is 122 cm³/mol. The standard InChI is InChI=1S/C23H21N3OS2/c1-2-18-14-19(23(29-18)26-22(27)16-8-4-3-5-9-16)21(17-11-13-28-15-17)25-20-10-6-7-12-24-20/h3-15,21H,2H2,1H3,(H,24,25)(H,26,27)/t21-/m0/s1. The molecule has 1 aromatic carbocycles. The molecule has 2 N–H and O–H groups in total. The number of benzene rings is 1. The van der Waals surface area contributed by atoms with Gasteiger partial charge in [0.05, 0.1) is 6.04 Å². The third-order valence-corrected chi connectivity index (χ3v) is 6.48. The number of hydrogen-bond acceptors (Lipinski definition) is 5. The molecule has 0 bridgehead atoms. The van der Waals surface area contributed by atoms with Crippen molar-refractivity contribution in [2.24, 2.45) is 0 Å². The Balaban J connectivity index is 1.70. The van der Waals surface area contributed by atoms with Gasteiger partial charge in [-0.2, -0.15) is 11.3 Å². The van der Waals surface area contributed by atoms with Crippen LogP contribution >= 0.6 is 22.7 Å². The number of rotatable bonds is 7. The van der Waals surface area contributed by atoms with E-state index in [4.69, 9.17) is 0 Å². The maximum absolute atomic E-state index is 12.8. The molecular weight excluding hydrogens is 398 g/mol. The molecule has 146 valence electrons. The molecule has 1 amide bonds. The summed E-state index contributed by atoms with van der Waals surface area (Å²) < 4.78 is 0. The summed E-state index contributed by atoms with van der Waals surface area (Å²) in [4.78, 5) is 18.5. The summed E-state index contributed by atoms with van der Waals surface area (Å²) in [6.07, 6.45) is 2.69. The van der Waals surface area contributed by atoms with Crippen LogP contribution < -0.4 is 10.6 Å². The summed E-state index contributed by atoms with van der Waals surface area (Å²) in [5.41, 5.74) is 2.85. The van der Waals surface area contributed by atoms with Crippen LogP contribution in [0.1, 0.15) is 39.3 Å². The molecule has 3 aromatic heterocycles. The van der Waals surface area contributed by atoms with Crippen molar-refractivity contribution in [1.82, 2.24) is 4.98 Å². The first-order valence-corrected chi connectivity index (χ1v) is 11.2. The van der Waals surface area contributed by atoms with E-state index in [1.54, 1.807) is 28.9 Å². The molecule has 1 atom stereocenters. The lowest BCUT2D eigenvalue weighted by Crippen LogP contribution is -2.16. The summed E-state index contributed by atoms with van der Waals surface area (Å²) in [5.74, 6) is 0.701. The molecule has 4 aromatic rings. The van der Waals surface area contributed by atoms with E-state index >= 15 is 0 Å². The number of nitrogens with one attached hydrogen (secondary N) is 2. The molecule has 0 fully saturated rings. The minimum Gasteiger partial charge on any atom is -0.359 e. The van der Waals surface area contributed by atoms with Crippen LogP contribution in [0, 0.1) is 0 Å². The van der Waals surface area contributed by atoms with E-state index in [2.05, 4.69) is 45.4 Å². The third-order valence-electron chi connectivity index (χ3n) is 4.57. The Morgan fingerprint density at radius 2 is 1.93 bits per heavy atom. The van der Waals surface area contributed by atoms with Crippen molar-refractivity contribution in [3.05, 3.63) is 99.2 Å². The molecule has 0 aliphatic carbocycles. The number of pyridine rings is 1. The summed E-state index contributed by atoms with van der Waals surface area (Å²) in [5, 5.41) is 11.7. The molecule has 29 heavy (non-hydrogen) atoms. The largest absolute Gasteiger partial charge is 0.359 e. The maximum Gasteiger partial charge on any atom is 0.256 e. The minimum absolute atomic E-state index is 0.0984. The van der Waals surface area contributed by atoms with Gasteiger partial charge < -0.3 is 10.6 Å². The molecule has 0 aliphatic rings. The Bertz CT molecular complexity index is 1060. The smallest absolute Gasteiger partial charge is 0.256 e. The van der Waals surface area contributed by atoms with Gasteiger partial charge in [-0.05, 0) is 59.1 Å². The molecule has 4 nitrogen and oxygen atoms in total. The van der Waals surface area contributed by atoms with Gasteiger partial charge in [-0.15, -0.1) is 11.3 Å². The Morgan fingerprint density at radius 3 is 2.62 bits per heavy atom. The number of thiophene rings is 2. The number of carbonyl (C=O) groups excluding carboxylic acids is 1. The molecule has 0 saturated heterocycles. The fraction of sp³-hybridized carbons (Fsp3) is 0.130. The number of carbonyl (C=O) groups is 1. The minimum atomic E-state index is -0.0988. The Labute approximate surface area is 178 Å². The lowest BCUT2D eigenvalue weighted by atomic mass is 10.0. The van der Waals surface area contributed by atoms with Crippen LogP contribution in [0.5, 0.6) is 0 Å². The van der Waals surface area contributed by atoms with Crippen molar-refractivity contribution in [1.29, 1.82) is 0 Å². The van der Waals surface area contributed by atoms with Crippen LogP contribution in [0.25, 0.3) is 0 Å². The van der Waals surface area contributed by atoms with Crippen molar-refractivity contribution in [2.45, 2.75) is 19.4 Å². The van der Waals surface area contributed by atoms with E-state index in [1.165, 1.54) is 4.88 Å². The van der Waals surface area contributed by atoms with Gasteiger partial charge >= 0.3 is 0 Å². The zero-order chi connectivity index (χ0) is 20.1. The Kier molecular flexibility index (Phi) is 6.03. The van der Waals surface area contributed by atoms with E-state index < -0.39 is 0 Å². The van der Waals surface area contributed by atoms with E-state index in [9.17, 15) is 4.79 Å². The van der Waals surface area contributed by atoms with Crippen LogP contribution in [-0.2, 0) is 6.42 Å². The van der Waals surface area contributed by atoms with E-state index in [0.717, 1.165) is 28.4 Å². The second-order valence-corrected chi connectivity index (χ2v) is 8.44. The highest BCUT2D eigenvalue weighted by atomic mass is 32.1. The average Bonchev–Trinajstić information content (AvgIpc) is 3.44. The highest BCUT2D eigenvalue weighted by Gasteiger charge is 2.23. The van der Waals surface area contributed by atoms with Crippen molar-refractivity contribution in [3.63, 3.8) is 0 Å². The zero-order valence-corrected chi connectivity index (χ0v) is 17.6. The fourth-order valence-electron chi connectivity index (χ4n) is 3.09. The summed E-state index contributed by atoms with van der Waals surface area (Å²) in [7, 11) is 0. The van der Waals surface area contributed by atoms with Gasteiger partial charge in [0.1, 0.15) is 10.8 Å². The van der Waals surface area contributed by atoms with Crippen LogP contribution in [0.4, 0.5) is 10.8 Å². The van der Waals surface area contributed by atoms with Gasteiger partial charge in [0.25, 0.3) is 5.91 Å². The van der Waals surface area contributed by atoms with E-state index in [-0.39, 0.29) is 11.9 Å². The van der Waals surface area contributed by atoms with Crippen molar-refractivity contribution >= 4 is 39.4 Å². The monoisotopic (exact) mass is 419 g/mol. The van der Waals surface area contributed by atoms with Gasteiger partial charge in [0, 0.05) is 22.2 Å². The average molecular weight is 420 g/mol. The van der Waals surface area contributed by atoms with Crippen LogP contribution in [0.2, 0.25) is 0 Å². The lowest BCUT2D eigenvalue weighted by Gasteiger charge is -2.20. The number of nitrogens with zero attached hydrogens (tertiary/aromatic N) is 1. The van der Waals surface area contributed by atoms with Crippen molar-refractivity contribution in [3.8, 4) is 0 Å². The number of aromatic nitrogens is 1. The summed E-state index contributed by atoms with van der Waals surface area (Å²) in [6, 6.07) is 19.3. The quantitative estimate of drug-likeness (QED) is 0.374. The van der Waals surface area contributed by atoms with Crippen LogP contribution in [0.15, 0.2) is 77.6 Å². The number of amides is 1. The molecule has 6 heteroatoms. The number of aryl methyl sites for hydroxylation is 1. The first-order chi connectivity index (χ1) is 14.2. The van der Waals surface area contributed by atoms with Gasteiger partial charge in [0.2, 0.25) is 0 Å². The second-order valence-electron chi connectivity index (χ2n) is 6.52. The van der Waals surface area contributed by atoms with E-state index in [0.29, 0.717) is 5.56 Å². The normalized spacial score (nSPS) is 11.8. The first kappa shape index (κ1) is 19.4. The molecular formula is C23H21N3OS2. The molecule has 3 heterocycles. The van der Waals surface area contributed by atoms with Gasteiger partial charge in [-0.1, -0.05) is 31.2 Å². The highest BCUT2D eigenvalue weighted by molar-refractivity contribution is 7.16. The Hall–Kier alpha value is -2.96. The molecule has 4 rings (SSSR count). The van der Waals surface area contributed by atoms with Crippen LogP contribution in [-0.4, -0.2) is 10.9 Å². The van der Waals surface area contributed by atoms with Crippen molar-refractivity contribution < 1.29 is 4.79 Å². The van der Waals surface area contributed by atoms with Crippen LogP contribution in [0.3, 0.4) is 0 Å². The number of anilines is 2. The van der Waals surface area contributed by atoms with Gasteiger partial charge in [0.15, 0.2) is 0 Å². The molecule has 0 spiro atoms. The highest BCUT2D eigenvalue weighted by Crippen LogP contribution is 2.38. The molecule has 0 radical (unpaired) electrons. The summed E-state index contributed by atoms with van der Waals surface area (Å²) in [6.45, 7) is 2.13. The Morgan fingerprint density at radius 1 is 1.10 bits per heavy atom. The van der Waals surface area contributed by atoms with Gasteiger partial charge in [-0.25, -0.2) is 4.98 Å². The lowest BCUT2D eigenvalue weighted by molar-refractivity contribution is 0.102. The van der Waals surface area contributed by atoms with Crippen molar-refractivity contribution in [2.75, 3.05) is 10.6 Å². The topological polar surface area (TPSA) is 54.0 Å². The first-order valence-electron chi connectivity index (χ1n) is 9.43.